The molecule has 0 aromatic carbocycles. The fraction of sp³-hybridized carbons (Fsp3) is 0.667. The van der Waals surface area contributed by atoms with Crippen LogP contribution >= 0.6 is 0 Å². The van der Waals surface area contributed by atoms with Gasteiger partial charge in [0.05, 0.1) is 6.10 Å². The Balaban J connectivity index is 1.60. The van der Waals surface area contributed by atoms with E-state index in [1.54, 1.807) is 6.20 Å². The lowest BCUT2D eigenvalue weighted by molar-refractivity contribution is -0.134. The topological polar surface area (TPSA) is 45.7 Å². The number of amides is 1. The molecule has 1 aliphatic carbocycles. The number of ether oxygens (including phenoxy) is 1. The molecule has 0 bridgehead atoms. The van der Waals surface area contributed by atoms with Crippen molar-refractivity contribution < 1.29 is 9.53 Å². The molecule has 5 heteroatoms. The summed E-state index contributed by atoms with van der Waals surface area (Å²) in [4.78, 5) is 21.2. The highest BCUT2D eigenvalue weighted by atomic mass is 16.5. The summed E-state index contributed by atoms with van der Waals surface area (Å²) in [5, 5.41) is 0. The predicted molar refractivity (Wildman–Crippen MR) is 89.2 cm³/mol. The van der Waals surface area contributed by atoms with Gasteiger partial charge in [-0.05, 0) is 50.9 Å². The Kier molecular flexibility index (Phi) is 5.28. The standard InChI is InChI=1S/C18H27N3O2/c1-20(2)8-9-21(13-15-6-4-10-23-15)18(22)17-11-16(17)14-5-3-7-19-12-14/h3,5,7,12,15-17H,4,6,8-11,13H2,1-2H3. The molecule has 3 rings (SSSR count). The second kappa shape index (κ2) is 7.41. The van der Waals surface area contributed by atoms with Crippen LogP contribution in [-0.2, 0) is 9.53 Å². The van der Waals surface area contributed by atoms with Gasteiger partial charge in [-0.25, -0.2) is 0 Å². The number of carbonyl (C=O) groups excluding carboxylic acids is 1. The van der Waals surface area contributed by atoms with E-state index < -0.39 is 0 Å². The normalized spacial score (nSPS) is 26.5. The van der Waals surface area contributed by atoms with Gasteiger partial charge < -0.3 is 14.5 Å². The van der Waals surface area contributed by atoms with Gasteiger partial charge >= 0.3 is 0 Å². The highest BCUT2D eigenvalue weighted by molar-refractivity contribution is 5.83. The van der Waals surface area contributed by atoms with Gasteiger partial charge in [0.15, 0.2) is 0 Å². The lowest BCUT2D eigenvalue weighted by atomic mass is 10.1. The maximum Gasteiger partial charge on any atom is 0.226 e. The number of hydrogen-bond donors (Lipinski definition) is 0. The monoisotopic (exact) mass is 317 g/mol. The highest BCUT2D eigenvalue weighted by Gasteiger charge is 2.46. The van der Waals surface area contributed by atoms with E-state index in [0.29, 0.717) is 5.92 Å². The number of carbonyl (C=O) groups is 1. The molecule has 0 radical (unpaired) electrons. The first-order chi connectivity index (χ1) is 11.1. The molecule has 2 heterocycles. The molecule has 126 valence electrons. The Morgan fingerprint density at radius 3 is 2.91 bits per heavy atom. The number of hydrogen-bond acceptors (Lipinski definition) is 4. The third-order valence-corrected chi connectivity index (χ3v) is 4.80. The van der Waals surface area contributed by atoms with Gasteiger partial charge in [0.25, 0.3) is 0 Å². The van der Waals surface area contributed by atoms with E-state index in [0.717, 1.165) is 45.5 Å². The van der Waals surface area contributed by atoms with E-state index >= 15 is 0 Å². The molecule has 0 N–H and O–H groups in total. The largest absolute Gasteiger partial charge is 0.376 e. The maximum absolute atomic E-state index is 12.9. The van der Waals surface area contributed by atoms with E-state index in [4.69, 9.17) is 4.74 Å². The van der Waals surface area contributed by atoms with Gasteiger partial charge in [0.1, 0.15) is 0 Å². The average molecular weight is 317 g/mol. The average Bonchev–Trinajstić information content (AvgIpc) is 3.20. The van der Waals surface area contributed by atoms with Crippen molar-refractivity contribution in [2.75, 3.05) is 40.3 Å². The van der Waals surface area contributed by atoms with Crippen LogP contribution in [0.1, 0.15) is 30.7 Å². The van der Waals surface area contributed by atoms with E-state index in [1.165, 1.54) is 5.56 Å². The summed E-state index contributed by atoms with van der Waals surface area (Å²) in [5.41, 5.74) is 1.19. The Morgan fingerprint density at radius 2 is 2.26 bits per heavy atom. The number of likely N-dealkylation sites (N-methyl/N-ethyl adjacent to an activating group) is 1. The first-order valence-corrected chi connectivity index (χ1v) is 8.60. The summed E-state index contributed by atoms with van der Waals surface area (Å²) in [6.07, 6.45) is 7.03. The first-order valence-electron chi connectivity index (χ1n) is 8.60. The van der Waals surface area contributed by atoms with Gasteiger partial charge in [0.2, 0.25) is 5.91 Å². The number of nitrogens with zero attached hydrogens (tertiary/aromatic N) is 3. The lowest BCUT2D eigenvalue weighted by Crippen LogP contribution is -2.42. The van der Waals surface area contributed by atoms with Crippen molar-refractivity contribution >= 4 is 5.91 Å². The van der Waals surface area contributed by atoms with Crippen LogP contribution in [0.2, 0.25) is 0 Å². The number of rotatable bonds is 7. The highest BCUT2D eigenvalue weighted by Crippen LogP contribution is 2.48. The Hall–Kier alpha value is -1.46. The molecule has 1 aliphatic heterocycles. The van der Waals surface area contributed by atoms with Crippen LogP contribution in [0.25, 0.3) is 0 Å². The van der Waals surface area contributed by atoms with Crippen LogP contribution < -0.4 is 0 Å². The Morgan fingerprint density at radius 1 is 1.39 bits per heavy atom. The molecule has 3 unspecified atom stereocenters. The molecule has 2 aliphatic rings. The van der Waals surface area contributed by atoms with Crippen LogP contribution in [0.3, 0.4) is 0 Å². The summed E-state index contributed by atoms with van der Waals surface area (Å²) in [5.74, 6) is 0.765. The molecule has 1 aromatic heterocycles. The van der Waals surface area contributed by atoms with Crippen molar-refractivity contribution in [1.29, 1.82) is 0 Å². The van der Waals surface area contributed by atoms with E-state index in [2.05, 4.69) is 16.0 Å². The molecular formula is C18H27N3O2. The molecular weight excluding hydrogens is 290 g/mol. The third kappa shape index (κ3) is 4.30. The van der Waals surface area contributed by atoms with Crippen molar-refractivity contribution in [2.45, 2.75) is 31.3 Å². The molecule has 3 atom stereocenters. The van der Waals surface area contributed by atoms with Crippen molar-refractivity contribution in [3.8, 4) is 0 Å². The minimum absolute atomic E-state index is 0.128. The lowest BCUT2D eigenvalue weighted by Gasteiger charge is -2.27. The predicted octanol–water partition coefficient (Wildman–Crippen LogP) is 1.75. The van der Waals surface area contributed by atoms with Crippen LogP contribution in [-0.4, -0.2) is 67.1 Å². The molecule has 1 aromatic rings. The van der Waals surface area contributed by atoms with Crippen molar-refractivity contribution in [3.63, 3.8) is 0 Å². The molecule has 1 saturated carbocycles. The van der Waals surface area contributed by atoms with Crippen molar-refractivity contribution in [1.82, 2.24) is 14.8 Å². The quantitative estimate of drug-likeness (QED) is 0.769. The van der Waals surface area contributed by atoms with Gasteiger partial charge in [-0.15, -0.1) is 0 Å². The van der Waals surface area contributed by atoms with Crippen LogP contribution in [0, 0.1) is 5.92 Å². The molecule has 23 heavy (non-hydrogen) atoms. The van der Waals surface area contributed by atoms with E-state index in [-0.39, 0.29) is 17.9 Å². The fourth-order valence-corrected chi connectivity index (χ4v) is 3.31. The zero-order chi connectivity index (χ0) is 16.2. The summed E-state index contributed by atoms with van der Waals surface area (Å²) < 4.78 is 5.73. The van der Waals surface area contributed by atoms with Crippen LogP contribution in [0.5, 0.6) is 0 Å². The van der Waals surface area contributed by atoms with E-state index in [9.17, 15) is 4.79 Å². The van der Waals surface area contributed by atoms with Crippen molar-refractivity contribution in [2.24, 2.45) is 5.92 Å². The zero-order valence-electron chi connectivity index (χ0n) is 14.1. The molecule has 1 amide bonds. The molecule has 1 saturated heterocycles. The summed E-state index contributed by atoms with van der Waals surface area (Å²) in [7, 11) is 4.09. The summed E-state index contributed by atoms with van der Waals surface area (Å²) in [6.45, 7) is 3.25. The molecule has 2 fully saturated rings. The first kappa shape index (κ1) is 16.4. The smallest absolute Gasteiger partial charge is 0.226 e. The van der Waals surface area contributed by atoms with Crippen molar-refractivity contribution in [3.05, 3.63) is 30.1 Å². The third-order valence-electron chi connectivity index (χ3n) is 4.80. The second-order valence-electron chi connectivity index (χ2n) is 6.96. The van der Waals surface area contributed by atoms with Gasteiger partial charge in [-0.2, -0.15) is 0 Å². The molecule has 5 nitrogen and oxygen atoms in total. The minimum atomic E-state index is 0.128. The summed E-state index contributed by atoms with van der Waals surface area (Å²) in [6, 6.07) is 4.03. The summed E-state index contributed by atoms with van der Waals surface area (Å²) >= 11 is 0. The van der Waals surface area contributed by atoms with Gasteiger partial charge in [-0.1, -0.05) is 6.07 Å². The SMILES string of the molecule is CN(C)CCN(CC1CCCO1)C(=O)C1CC1c1cccnc1. The number of aromatic nitrogens is 1. The Labute approximate surface area is 138 Å². The fourth-order valence-electron chi connectivity index (χ4n) is 3.31. The van der Waals surface area contributed by atoms with Gasteiger partial charge in [-0.3, -0.25) is 9.78 Å². The van der Waals surface area contributed by atoms with Crippen LogP contribution in [0.4, 0.5) is 0 Å². The molecule has 0 spiro atoms. The Bertz CT molecular complexity index is 514. The second-order valence-corrected chi connectivity index (χ2v) is 6.96. The maximum atomic E-state index is 12.9. The zero-order valence-corrected chi connectivity index (χ0v) is 14.1. The van der Waals surface area contributed by atoms with Gasteiger partial charge in [0, 0.05) is 44.6 Å². The number of pyridine rings is 1. The minimum Gasteiger partial charge on any atom is -0.376 e. The van der Waals surface area contributed by atoms with E-state index in [1.807, 2.05) is 31.3 Å². The van der Waals surface area contributed by atoms with Crippen LogP contribution in [0.15, 0.2) is 24.5 Å².